The van der Waals surface area contributed by atoms with E-state index in [1.54, 1.807) is 19.3 Å². The second-order valence-electron chi connectivity index (χ2n) is 6.67. The molecule has 2 aromatic rings. The van der Waals surface area contributed by atoms with Crippen LogP contribution in [0, 0.1) is 19.8 Å². The Morgan fingerprint density at radius 1 is 1.24 bits per heavy atom. The van der Waals surface area contributed by atoms with E-state index in [0.717, 1.165) is 42.9 Å². The van der Waals surface area contributed by atoms with E-state index in [0.29, 0.717) is 0 Å². The summed E-state index contributed by atoms with van der Waals surface area (Å²) in [6.45, 7) is 5.57. The molecule has 1 aromatic carbocycles. The minimum atomic E-state index is -0.118. The summed E-state index contributed by atoms with van der Waals surface area (Å²) in [6, 6.07) is 7.55. The van der Waals surface area contributed by atoms with Gasteiger partial charge in [0.2, 0.25) is 5.91 Å². The lowest BCUT2D eigenvalue weighted by molar-refractivity contribution is -0.120. The van der Waals surface area contributed by atoms with Crippen LogP contribution in [0.4, 0.5) is 11.4 Å². The van der Waals surface area contributed by atoms with Crippen molar-refractivity contribution in [3.63, 3.8) is 0 Å². The zero-order valence-corrected chi connectivity index (χ0v) is 15.0. The van der Waals surface area contributed by atoms with Gasteiger partial charge >= 0.3 is 0 Å². The summed E-state index contributed by atoms with van der Waals surface area (Å²) in [5.74, 6) is 0.0751. The molecule has 1 N–H and O–H groups in total. The van der Waals surface area contributed by atoms with Crippen molar-refractivity contribution in [1.82, 2.24) is 9.78 Å². The molecule has 25 heavy (non-hydrogen) atoms. The number of aromatic nitrogens is 2. The zero-order chi connectivity index (χ0) is 18.0. The summed E-state index contributed by atoms with van der Waals surface area (Å²) in [5, 5.41) is 7.13. The third-order valence-electron chi connectivity index (χ3n) is 5.05. The number of carbonyl (C=O) groups excluding carboxylic acids is 1. The molecule has 1 saturated heterocycles. The van der Waals surface area contributed by atoms with Crippen LogP contribution in [0.2, 0.25) is 0 Å². The van der Waals surface area contributed by atoms with E-state index in [4.69, 9.17) is 0 Å². The van der Waals surface area contributed by atoms with Gasteiger partial charge in [0.15, 0.2) is 0 Å². The van der Waals surface area contributed by atoms with Gasteiger partial charge in [0, 0.05) is 37.8 Å². The predicted octanol–water partition coefficient (Wildman–Crippen LogP) is 2.25. The van der Waals surface area contributed by atoms with Crippen molar-refractivity contribution < 1.29 is 4.79 Å². The molecule has 1 aromatic heterocycles. The average molecular weight is 340 g/mol. The molecular formula is C19H24N4O2. The summed E-state index contributed by atoms with van der Waals surface area (Å²) in [6.07, 6.45) is 3.25. The fourth-order valence-corrected chi connectivity index (χ4v) is 3.15. The largest absolute Gasteiger partial charge is 0.370 e. The lowest BCUT2D eigenvalue weighted by Crippen LogP contribution is -2.39. The highest BCUT2D eigenvalue weighted by Crippen LogP contribution is 2.24. The first-order valence-corrected chi connectivity index (χ1v) is 8.61. The number of aryl methyl sites for hydroxylation is 2. The predicted molar refractivity (Wildman–Crippen MR) is 99.0 cm³/mol. The van der Waals surface area contributed by atoms with Crippen LogP contribution in [0.1, 0.15) is 24.0 Å². The molecule has 1 aliphatic rings. The lowest BCUT2D eigenvalue weighted by Gasteiger charge is -2.32. The molecule has 0 radical (unpaired) electrons. The Kier molecular flexibility index (Phi) is 4.88. The zero-order valence-electron chi connectivity index (χ0n) is 15.0. The third-order valence-corrected chi connectivity index (χ3v) is 5.05. The van der Waals surface area contributed by atoms with Gasteiger partial charge in [0.1, 0.15) is 0 Å². The standard InChI is InChI=1S/C19H24N4O2/c1-13-5-4-6-17(14(13)2)21-19(25)15-7-9-23(10-8-15)16-11-18(24)22(3)20-12-16/h4-6,11-12,15H,7-10H2,1-3H3,(H,21,25). The van der Waals surface area contributed by atoms with Gasteiger partial charge in [-0.2, -0.15) is 5.10 Å². The number of rotatable bonds is 3. The molecule has 1 fully saturated rings. The van der Waals surface area contributed by atoms with E-state index in [2.05, 4.69) is 15.3 Å². The summed E-state index contributed by atoms with van der Waals surface area (Å²) < 4.78 is 1.31. The Hall–Kier alpha value is -2.63. The molecule has 0 unspecified atom stereocenters. The normalized spacial score (nSPS) is 15.2. The van der Waals surface area contributed by atoms with Gasteiger partial charge in [0.25, 0.3) is 5.56 Å². The van der Waals surface area contributed by atoms with Crippen molar-refractivity contribution in [2.24, 2.45) is 13.0 Å². The molecule has 0 atom stereocenters. The summed E-state index contributed by atoms with van der Waals surface area (Å²) >= 11 is 0. The minimum Gasteiger partial charge on any atom is -0.370 e. The van der Waals surface area contributed by atoms with Crippen molar-refractivity contribution in [1.29, 1.82) is 0 Å². The molecular weight excluding hydrogens is 316 g/mol. The number of nitrogens with one attached hydrogen (secondary N) is 1. The van der Waals surface area contributed by atoms with Gasteiger partial charge in [-0.05, 0) is 43.9 Å². The number of hydrogen-bond acceptors (Lipinski definition) is 4. The summed E-state index contributed by atoms with van der Waals surface area (Å²) in [4.78, 5) is 26.4. The minimum absolute atomic E-state index is 0.00401. The van der Waals surface area contributed by atoms with Crippen LogP contribution in [0.5, 0.6) is 0 Å². The second-order valence-corrected chi connectivity index (χ2v) is 6.67. The van der Waals surface area contributed by atoms with Crippen molar-refractivity contribution in [2.45, 2.75) is 26.7 Å². The van der Waals surface area contributed by atoms with Crippen molar-refractivity contribution >= 4 is 17.3 Å². The maximum atomic E-state index is 12.6. The Balaban J connectivity index is 1.61. The highest BCUT2D eigenvalue weighted by Gasteiger charge is 2.25. The van der Waals surface area contributed by atoms with Gasteiger partial charge in [-0.15, -0.1) is 0 Å². The summed E-state index contributed by atoms with van der Waals surface area (Å²) in [7, 11) is 1.63. The number of nitrogens with zero attached hydrogens (tertiary/aromatic N) is 3. The second kappa shape index (κ2) is 7.09. The highest BCUT2D eigenvalue weighted by atomic mass is 16.2. The van der Waals surface area contributed by atoms with Crippen molar-refractivity contribution in [2.75, 3.05) is 23.3 Å². The molecule has 0 bridgehead atoms. The van der Waals surface area contributed by atoms with Gasteiger partial charge in [-0.25, -0.2) is 4.68 Å². The molecule has 3 rings (SSSR count). The quantitative estimate of drug-likeness (QED) is 0.931. The Morgan fingerprint density at radius 2 is 1.96 bits per heavy atom. The first-order valence-electron chi connectivity index (χ1n) is 8.61. The van der Waals surface area contributed by atoms with Crippen molar-refractivity contribution in [3.05, 3.63) is 51.9 Å². The first kappa shape index (κ1) is 17.2. The number of piperidine rings is 1. The monoisotopic (exact) mass is 340 g/mol. The molecule has 0 spiro atoms. The maximum Gasteiger partial charge on any atom is 0.268 e. The number of benzene rings is 1. The Labute approximate surface area is 147 Å². The number of carbonyl (C=O) groups is 1. The van der Waals surface area contributed by atoms with Crippen LogP contribution >= 0.6 is 0 Å². The first-order chi connectivity index (χ1) is 12.0. The molecule has 132 valence electrons. The highest BCUT2D eigenvalue weighted by molar-refractivity contribution is 5.93. The average Bonchev–Trinajstić information content (AvgIpc) is 2.61. The molecule has 1 amide bonds. The lowest BCUT2D eigenvalue weighted by atomic mass is 9.95. The molecule has 2 heterocycles. The number of hydrogen-bond donors (Lipinski definition) is 1. The smallest absolute Gasteiger partial charge is 0.268 e. The van der Waals surface area contributed by atoms with Gasteiger partial charge < -0.3 is 10.2 Å². The van der Waals surface area contributed by atoms with Gasteiger partial charge in [0.05, 0.1) is 11.9 Å². The van der Waals surface area contributed by atoms with E-state index < -0.39 is 0 Å². The van der Waals surface area contributed by atoms with Crippen LogP contribution in [0.3, 0.4) is 0 Å². The summed E-state index contributed by atoms with van der Waals surface area (Å²) in [5.41, 5.74) is 3.89. The van der Waals surface area contributed by atoms with Crippen LogP contribution in [-0.2, 0) is 11.8 Å². The van der Waals surface area contributed by atoms with Crippen LogP contribution in [0.15, 0.2) is 35.3 Å². The van der Waals surface area contributed by atoms with E-state index in [9.17, 15) is 9.59 Å². The molecule has 0 saturated carbocycles. The van der Waals surface area contributed by atoms with E-state index in [1.807, 2.05) is 32.0 Å². The van der Waals surface area contributed by atoms with Crippen LogP contribution in [-0.4, -0.2) is 28.8 Å². The molecule has 1 aliphatic heterocycles. The van der Waals surface area contributed by atoms with E-state index in [1.165, 1.54) is 10.2 Å². The molecule has 0 aliphatic carbocycles. The van der Waals surface area contributed by atoms with Gasteiger partial charge in [-0.1, -0.05) is 12.1 Å². The van der Waals surface area contributed by atoms with Crippen LogP contribution in [0.25, 0.3) is 0 Å². The Bertz CT molecular complexity index is 836. The maximum absolute atomic E-state index is 12.6. The number of amides is 1. The topological polar surface area (TPSA) is 67.2 Å². The fraction of sp³-hybridized carbons (Fsp3) is 0.421. The van der Waals surface area contributed by atoms with Gasteiger partial charge in [-0.3, -0.25) is 9.59 Å². The van der Waals surface area contributed by atoms with Crippen molar-refractivity contribution in [3.8, 4) is 0 Å². The third kappa shape index (κ3) is 3.73. The van der Waals surface area contributed by atoms with E-state index in [-0.39, 0.29) is 17.4 Å². The molecule has 6 nitrogen and oxygen atoms in total. The van der Waals surface area contributed by atoms with E-state index >= 15 is 0 Å². The Morgan fingerprint density at radius 3 is 2.64 bits per heavy atom. The van der Waals surface area contributed by atoms with Crippen LogP contribution < -0.4 is 15.8 Å². The number of anilines is 2. The molecule has 6 heteroatoms. The fourth-order valence-electron chi connectivity index (χ4n) is 3.15. The SMILES string of the molecule is Cc1cccc(NC(=O)C2CCN(c3cnn(C)c(=O)c3)CC2)c1C.